The molecule has 0 aliphatic heterocycles. The summed E-state index contributed by atoms with van der Waals surface area (Å²) in [6.45, 7) is 2.30. The van der Waals surface area contributed by atoms with E-state index in [1.165, 1.54) is 31.2 Å². The molecule has 2 fully saturated rings. The van der Waals surface area contributed by atoms with Crippen molar-refractivity contribution in [2.24, 2.45) is 22.7 Å². The number of nitrogens with zero attached hydrogens (tertiary/aromatic N) is 2. The molecule has 0 bridgehead atoms. The van der Waals surface area contributed by atoms with Crippen LogP contribution in [-0.4, -0.2) is 29.0 Å². The minimum atomic E-state index is 0.225. The lowest BCUT2D eigenvalue weighted by atomic mass is 10.0. The molecule has 1 unspecified atom stereocenters. The number of rotatable bonds is 8. The second-order valence-corrected chi connectivity index (χ2v) is 6.56. The first-order chi connectivity index (χ1) is 10.3. The highest BCUT2D eigenvalue weighted by atomic mass is 16.4. The molecular weight excluding hydrogens is 262 g/mol. The fraction of sp³-hybridized carbons (Fsp3) is 0.588. The van der Waals surface area contributed by atoms with Crippen LogP contribution in [0.2, 0.25) is 0 Å². The maximum Gasteiger partial charge on any atom is 0.141 e. The van der Waals surface area contributed by atoms with Crippen LogP contribution in [0.3, 0.4) is 0 Å². The average Bonchev–Trinajstić information content (AvgIpc) is 3.41. The van der Waals surface area contributed by atoms with Gasteiger partial charge in [-0.05, 0) is 43.1 Å². The van der Waals surface area contributed by atoms with Crippen molar-refractivity contribution in [2.45, 2.75) is 38.1 Å². The fourth-order valence-electron chi connectivity index (χ4n) is 2.97. The number of oxime groups is 1. The zero-order valence-electron chi connectivity index (χ0n) is 12.5. The molecular formula is C17H25N3O. The highest BCUT2D eigenvalue weighted by molar-refractivity contribution is 5.80. The lowest BCUT2D eigenvalue weighted by Gasteiger charge is -2.32. The van der Waals surface area contributed by atoms with E-state index in [1.807, 2.05) is 6.07 Å². The molecule has 3 rings (SSSR count). The van der Waals surface area contributed by atoms with Crippen molar-refractivity contribution in [2.75, 3.05) is 13.1 Å². The third kappa shape index (κ3) is 4.21. The van der Waals surface area contributed by atoms with Gasteiger partial charge in [0.05, 0.1) is 0 Å². The average molecular weight is 287 g/mol. The van der Waals surface area contributed by atoms with E-state index < -0.39 is 0 Å². The van der Waals surface area contributed by atoms with E-state index in [1.54, 1.807) is 0 Å². The van der Waals surface area contributed by atoms with Crippen LogP contribution in [0.4, 0.5) is 0 Å². The topological polar surface area (TPSA) is 61.8 Å². The summed E-state index contributed by atoms with van der Waals surface area (Å²) in [7, 11) is 0. The van der Waals surface area contributed by atoms with Gasteiger partial charge in [0.1, 0.15) is 5.84 Å². The summed E-state index contributed by atoms with van der Waals surface area (Å²) in [5.74, 6) is 2.02. The Kier molecular flexibility index (Phi) is 4.44. The van der Waals surface area contributed by atoms with Gasteiger partial charge in [0.25, 0.3) is 0 Å². The van der Waals surface area contributed by atoms with Gasteiger partial charge in [-0.1, -0.05) is 35.5 Å². The van der Waals surface area contributed by atoms with Gasteiger partial charge in [-0.2, -0.15) is 0 Å². The third-order valence-corrected chi connectivity index (χ3v) is 4.54. The molecule has 1 atom stereocenters. The molecule has 2 aliphatic rings. The summed E-state index contributed by atoms with van der Waals surface area (Å²) in [5.41, 5.74) is 7.08. The summed E-state index contributed by atoms with van der Waals surface area (Å²) in [5, 5.41) is 12.1. The lowest BCUT2D eigenvalue weighted by Crippen LogP contribution is -2.35. The molecule has 2 saturated carbocycles. The van der Waals surface area contributed by atoms with Crippen LogP contribution in [0, 0.1) is 11.8 Å². The summed E-state index contributed by atoms with van der Waals surface area (Å²) >= 11 is 0. The van der Waals surface area contributed by atoms with Gasteiger partial charge in [-0.25, -0.2) is 0 Å². The lowest BCUT2D eigenvalue weighted by molar-refractivity contribution is 0.183. The Balaban J connectivity index is 1.79. The number of amidine groups is 1. The first kappa shape index (κ1) is 14.4. The minimum Gasteiger partial charge on any atom is -0.409 e. The predicted molar refractivity (Wildman–Crippen MR) is 84.2 cm³/mol. The van der Waals surface area contributed by atoms with Gasteiger partial charge in [-0.3, -0.25) is 4.90 Å². The molecule has 1 aromatic rings. The minimum absolute atomic E-state index is 0.225. The molecule has 4 nitrogen and oxygen atoms in total. The Hall–Kier alpha value is -1.55. The van der Waals surface area contributed by atoms with Crippen LogP contribution >= 0.6 is 0 Å². The second kappa shape index (κ2) is 6.48. The van der Waals surface area contributed by atoms with E-state index >= 15 is 0 Å². The zero-order valence-corrected chi connectivity index (χ0v) is 12.5. The number of hydrogen-bond donors (Lipinski definition) is 2. The van der Waals surface area contributed by atoms with E-state index in [0.717, 1.165) is 24.9 Å². The highest BCUT2D eigenvalue weighted by Gasteiger charge is 2.33. The summed E-state index contributed by atoms with van der Waals surface area (Å²) in [6.07, 6.45) is 6.01. The Labute approximate surface area is 126 Å². The molecule has 0 saturated heterocycles. The van der Waals surface area contributed by atoms with E-state index in [4.69, 9.17) is 10.9 Å². The predicted octanol–water partition coefficient (Wildman–Crippen LogP) is 2.99. The molecule has 4 heteroatoms. The van der Waals surface area contributed by atoms with Crippen molar-refractivity contribution in [3.63, 3.8) is 0 Å². The number of hydrogen-bond acceptors (Lipinski definition) is 3. The Bertz CT molecular complexity index is 466. The van der Waals surface area contributed by atoms with Crippen molar-refractivity contribution in [3.05, 3.63) is 35.9 Å². The third-order valence-electron chi connectivity index (χ3n) is 4.54. The molecule has 0 aromatic heterocycles. The van der Waals surface area contributed by atoms with Crippen LogP contribution in [-0.2, 0) is 0 Å². The Morgan fingerprint density at radius 1 is 1.14 bits per heavy atom. The monoisotopic (exact) mass is 287 g/mol. The van der Waals surface area contributed by atoms with Gasteiger partial charge in [0, 0.05) is 25.6 Å². The quantitative estimate of drug-likeness (QED) is 0.334. The number of nitrogens with two attached hydrogens (primary N) is 1. The van der Waals surface area contributed by atoms with Crippen LogP contribution in [0.15, 0.2) is 35.5 Å². The van der Waals surface area contributed by atoms with Crippen LogP contribution in [0.5, 0.6) is 0 Å². The van der Waals surface area contributed by atoms with Gasteiger partial charge >= 0.3 is 0 Å². The largest absolute Gasteiger partial charge is 0.409 e. The molecule has 114 valence electrons. The van der Waals surface area contributed by atoms with Crippen molar-refractivity contribution in [1.82, 2.24) is 4.90 Å². The van der Waals surface area contributed by atoms with Gasteiger partial charge in [0.15, 0.2) is 0 Å². The molecule has 1 aromatic carbocycles. The Morgan fingerprint density at radius 3 is 2.19 bits per heavy atom. The molecule has 0 spiro atoms. The normalized spacial score (nSPS) is 20.7. The molecule has 21 heavy (non-hydrogen) atoms. The van der Waals surface area contributed by atoms with E-state index in [9.17, 15) is 0 Å². The van der Waals surface area contributed by atoms with Crippen molar-refractivity contribution in [1.29, 1.82) is 0 Å². The molecule has 3 N–H and O–H groups in total. The SMILES string of the molecule is NC(CC(c1ccccc1)N(CC1CC1)CC1CC1)=NO. The van der Waals surface area contributed by atoms with Crippen molar-refractivity contribution < 1.29 is 5.21 Å². The maximum atomic E-state index is 8.95. The molecule has 0 heterocycles. The molecule has 0 radical (unpaired) electrons. The molecule has 2 aliphatic carbocycles. The standard InChI is InChI=1S/C17H25N3O/c18-17(19-21)10-16(15-4-2-1-3-5-15)20(11-13-6-7-13)12-14-8-9-14/h1-5,13-14,16,21H,6-12H2,(H2,18,19). The van der Waals surface area contributed by atoms with Crippen molar-refractivity contribution in [3.8, 4) is 0 Å². The van der Waals surface area contributed by atoms with E-state index in [0.29, 0.717) is 12.3 Å². The smallest absolute Gasteiger partial charge is 0.141 e. The highest BCUT2D eigenvalue weighted by Crippen LogP contribution is 2.38. The summed E-state index contributed by atoms with van der Waals surface area (Å²) < 4.78 is 0. The van der Waals surface area contributed by atoms with Crippen molar-refractivity contribution >= 4 is 5.84 Å². The van der Waals surface area contributed by atoms with E-state index in [-0.39, 0.29) is 6.04 Å². The van der Waals surface area contributed by atoms with Crippen LogP contribution < -0.4 is 5.73 Å². The number of benzene rings is 1. The second-order valence-electron chi connectivity index (χ2n) is 6.56. The first-order valence-corrected chi connectivity index (χ1v) is 8.01. The fourth-order valence-corrected chi connectivity index (χ4v) is 2.97. The van der Waals surface area contributed by atoms with Gasteiger partial charge < -0.3 is 10.9 Å². The summed E-state index contributed by atoms with van der Waals surface area (Å²) in [4.78, 5) is 2.57. The summed E-state index contributed by atoms with van der Waals surface area (Å²) in [6, 6.07) is 10.7. The zero-order chi connectivity index (χ0) is 14.7. The van der Waals surface area contributed by atoms with Gasteiger partial charge in [-0.15, -0.1) is 0 Å². The van der Waals surface area contributed by atoms with Crippen LogP contribution in [0.1, 0.15) is 43.7 Å². The molecule has 0 amide bonds. The van der Waals surface area contributed by atoms with E-state index in [2.05, 4.69) is 34.3 Å². The van der Waals surface area contributed by atoms with Gasteiger partial charge in [0.2, 0.25) is 0 Å². The first-order valence-electron chi connectivity index (χ1n) is 8.01. The maximum absolute atomic E-state index is 8.95. The Morgan fingerprint density at radius 2 is 1.71 bits per heavy atom. The van der Waals surface area contributed by atoms with Crippen LogP contribution in [0.25, 0.3) is 0 Å².